The summed E-state index contributed by atoms with van der Waals surface area (Å²) in [4.78, 5) is 28.0. The van der Waals surface area contributed by atoms with Crippen LogP contribution in [-0.4, -0.2) is 28.0 Å². The van der Waals surface area contributed by atoms with Crippen molar-refractivity contribution in [3.05, 3.63) is 51.8 Å². The van der Waals surface area contributed by atoms with Gasteiger partial charge in [0.05, 0.1) is 5.02 Å². The first-order chi connectivity index (χ1) is 9.99. The van der Waals surface area contributed by atoms with E-state index >= 15 is 0 Å². The molecule has 108 valence electrons. The van der Waals surface area contributed by atoms with E-state index < -0.39 is 17.9 Å². The number of aromatic amines is 1. The number of carboxylic acids is 1. The Hall–Kier alpha value is -1.98. The Kier molecular flexibility index (Phi) is 3.39. The molecule has 7 heteroatoms. The number of aromatic nitrogens is 1. The fourth-order valence-electron chi connectivity index (χ4n) is 2.48. The van der Waals surface area contributed by atoms with Crippen molar-refractivity contribution in [2.24, 2.45) is 0 Å². The zero-order valence-corrected chi connectivity index (χ0v) is 12.1. The number of hydrogen-bond donors (Lipinski definition) is 2. The van der Waals surface area contributed by atoms with Crippen LogP contribution >= 0.6 is 23.2 Å². The highest BCUT2D eigenvalue weighted by molar-refractivity contribution is 6.41. The number of amides is 1. The van der Waals surface area contributed by atoms with Gasteiger partial charge in [-0.25, -0.2) is 4.79 Å². The molecule has 1 aromatic heterocycles. The van der Waals surface area contributed by atoms with Crippen LogP contribution in [0.25, 0.3) is 0 Å². The van der Waals surface area contributed by atoms with E-state index in [4.69, 9.17) is 23.2 Å². The van der Waals surface area contributed by atoms with Crippen LogP contribution in [0.3, 0.4) is 0 Å². The molecule has 0 fully saturated rings. The Labute approximate surface area is 130 Å². The highest BCUT2D eigenvalue weighted by Gasteiger charge is 2.39. The Morgan fingerprint density at radius 1 is 1.29 bits per heavy atom. The number of anilines is 1. The highest BCUT2D eigenvalue weighted by atomic mass is 35.5. The smallest absolute Gasteiger partial charge is 0.327 e. The summed E-state index contributed by atoms with van der Waals surface area (Å²) in [5.41, 5.74) is 1.58. The van der Waals surface area contributed by atoms with Crippen molar-refractivity contribution < 1.29 is 14.7 Å². The fourth-order valence-corrected chi connectivity index (χ4v) is 2.80. The van der Waals surface area contributed by atoms with E-state index in [2.05, 4.69) is 4.98 Å². The summed E-state index contributed by atoms with van der Waals surface area (Å²) in [6.07, 6.45) is 0.277. The third-order valence-electron chi connectivity index (χ3n) is 3.44. The molecule has 1 atom stereocenters. The van der Waals surface area contributed by atoms with E-state index in [-0.39, 0.29) is 22.3 Å². The predicted octanol–water partition coefficient (Wildman–Crippen LogP) is 2.98. The lowest BCUT2D eigenvalue weighted by atomic mass is 10.1. The molecule has 1 aliphatic rings. The summed E-state index contributed by atoms with van der Waals surface area (Å²) >= 11 is 11.6. The minimum Gasteiger partial charge on any atom is -0.480 e. The molecule has 0 saturated carbocycles. The van der Waals surface area contributed by atoms with Crippen LogP contribution in [0.1, 0.15) is 16.1 Å². The second kappa shape index (κ2) is 5.09. The first-order valence-electron chi connectivity index (χ1n) is 6.17. The topological polar surface area (TPSA) is 73.4 Å². The molecule has 0 aliphatic carbocycles. The van der Waals surface area contributed by atoms with Gasteiger partial charge in [0.15, 0.2) is 0 Å². The number of fused-ring (bicyclic) bond motifs is 1. The molecule has 1 aliphatic heterocycles. The van der Waals surface area contributed by atoms with Crippen molar-refractivity contribution in [2.75, 3.05) is 4.90 Å². The number of carbonyl (C=O) groups excluding carboxylic acids is 1. The van der Waals surface area contributed by atoms with Gasteiger partial charge in [0.2, 0.25) is 0 Å². The number of H-pyrrole nitrogens is 1. The Morgan fingerprint density at radius 2 is 2.00 bits per heavy atom. The summed E-state index contributed by atoms with van der Waals surface area (Å²) in [7, 11) is 0. The number of carboxylic acid groups (broad SMARTS) is 1. The average Bonchev–Trinajstić information content (AvgIpc) is 2.99. The second-order valence-electron chi connectivity index (χ2n) is 4.71. The molecule has 1 unspecified atom stereocenters. The molecular formula is C14H10Cl2N2O3. The van der Waals surface area contributed by atoms with Gasteiger partial charge in [0.1, 0.15) is 16.9 Å². The zero-order valence-electron chi connectivity index (χ0n) is 10.6. The SMILES string of the molecule is O=C(O)C1Cc2ccccc2N1C(=O)c1cc(Cl)c(Cl)[nH]1. The molecular weight excluding hydrogens is 315 g/mol. The molecule has 0 bridgehead atoms. The maximum Gasteiger partial charge on any atom is 0.327 e. The quantitative estimate of drug-likeness (QED) is 0.891. The number of nitrogens with one attached hydrogen (secondary N) is 1. The van der Waals surface area contributed by atoms with E-state index in [1.165, 1.54) is 11.0 Å². The summed E-state index contributed by atoms with van der Waals surface area (Å²) < 4.78 is 0. The molecule has 21 heavy (non-hydrogen) atoms. The van der Waals surface area contributed by atoms with Gasteiger partial charge in [-0.05, 0) is 17.7 Å². The largest absolute Gasteiger partial charge is 0.480 e. The Bertz CT molecular complexity index is 722. The second-order valence-corrected chi connectivity index (χ2v) is 5.49. The van der Waals surface area contributed by atoms with Crippen LogP contribution in [0.4, 0.5) is 5.69 Å². The van der Waals surface area contributed by atoms with Crippen molar-refractivity contribution >= 4 is 40.8 Å². The van der Waals surface area contributed by atoms with Crippen molar-refractivity contribution in [2.45, 2.75) is 12.5 Å². The third-order valence-corrected chi connectivity index (χ3v) is 4.13. The summed E-state index contributed by atoms with van der Waals surface area (Å²) in [6.45, 7) is 0. The molecule has 2 N–H and O–H groups in total. The third kappa shape index (κ3) is 2.28. The number of halogens is 2. The van der Waals surface area contributed by atoms with Crippen LogP contribution in [-0.2, 0) is 11.2 Å². The molecule has 1 amide bonds. The minimum absolute atomic E-state index is 0.152. The molecule has 0 spiro atoms. The molecule has 2 aromatic rings. The monoisotopic (exact) mass is 324 g/mol. The first kappa shape index (κ1) is 14.0. The fraction of sp³-hybridized carbons (Fsp3) is 0.143. The number of aliphatic carboxylic acids is 1. The van der Waals surface area contributed by atoms with E-state index in [9.17, 15) is 14.7 Å². The first-order valence-corrected chi connectivity index (χ1v) is 6.93. The number of rotatable bonds is 2. The summed E-state index contributed by atoms with van der Waals surface area (Å²) in [5, 5.41) is 9.73. The number of nitrogens with zero attached hydrogens (tertiary/aromatic N) is 1. The number of para-hydroxylation sites is 1. The predicted molar refractivity (Wildman–Crippen MR) is 79.2 cm³/mol. The van der Waals surface area contributed by atoms with Crippen molar-refractivity contribution in [1.82, 2.24) is 4.98 Å². The van der Waals surface area contributed by atoms with Crippen molar-refractivity contribution in [3.63, 3.8) is 0 Å². The van der Waals surface area contributed by atoms with Gasteiger partial charge >= 0.3 is 5.97 Å². The standard InChI is InChI=1S/C14H10Cl2N2O3/c15-8-6-9(17-12(8)16)13(19)18-10-4-2-1-3-7(10)5-11(18)14(20)21/h1-4,6,11,17H,5H2,(H,20,21). The van der Waals surface area contributed by atoms with Gasteiger partial charge in [-0.3, -0.25) is 9.69 Å². The van der Waals surface area contributed by atoms with Gasteiger partial charge in [0, 0.05) is 12.1 Å². The van der Waals surface area contributed by atoms with Crippen LogP contribution in [0.15, 0.2) is 30.3 Å². The molecule has 0 saturated heterocycles. The number of carbonyl (C=O) groups is 2. The normalized spacial score (nSPS) is 16.9. The minimum atomic E-state index is -1.05. The number of hydrogen-bond acceptors (Lipinski definition) is 2. The van der Waals surface area contributed by atoms with Gasteiger partial charge in [0.25, 0.3) is 5.91 Å². The zero-order chi connectivity index (χ0) is 15.1. The van der Waals surface area contributed by atoms with Gasteiger partial charge < -0.3 is 10.1 Å². The molecule has 5 nitrogen and oxygen atoms in total. The van der Waals surface area contributed by atoms with Crippen molar-refractivity contribution in [3.8, 4) is 0 Å². The highest BCUT2D eigenvalue weighted by Crippen LogP contribution is 2.34. The van der Waals surface area contributed by atoms with Gasteiger partial charge in [-0.2, -0.15) is 0 Å². The summed E-state index contributed by atoms with van der Waals surface area (Å²) in [5.74, 6) is -1.52. The molecule has 1 aromatic carbocycles. The lowest BCUT2D eigenvalue weighted by Gasteiger charge is -2.21. The van der Waals surface area contributed by atoms with Crippen LogP contribution in [0.5, 0.6) is 0 Å². The van der Waals surface area contributed by atoms with E-state index in [0.717, 1.165) is 5.56 Å². The number of benzene rings is 1. The Morgan fingerprint density at radius 3 is 2.62 bits per heavy atom. The van der Waals surface area contributed by atoms with Gasteiger partial charge in [-0.15, -0.1) is 0 Å². The summed E-state index contributed by atoms with van der Waals surface area (Å²) in [6, 6.07) is 7.57. The maximum atomic E-state index is 12.6. The average molecular weight is 325 g/mol. The van der Waals surface area contributed by atoms with Crippen LogP contribution in [0, 0.1) is 0 Å². The van der Waals surface area contributed by atoms with Gasteiger partial charge in [-0.1, -0.05) is 41.4 Å². The molecule has 2 heterocycles. The van der Waals surface area contributed by atoms with E-state index in [0.29, 0.717) is 5.69 Å². The molecule has 0 radical (unpaired) electrons. The van der Waals surface area contributed by atoms with Crippen LogP contribution in [0.2, 0.25) is 10.2 Å². The van der Waals surface area contributed by atoms with E-state index in [1.807, 2.05) is 12.1 Å². The maximum absolute atomic E-state index is 12.6. The lowest BCUT2D eigenvalue weighted by molar-refractivity contribution is -0.138. The van der Waals surface area contributed by atoms with E-state index in [1.54, 1.807) is 12.1 Å². The lowest BCUT2D eigenvalue weighted by Crippen LogP contribution is -2.43. The molecule has 3 rings (SSSR count). The van der Waals surface area contributed by atoms with Crippen LogP contribution < -0.4 is 4.90 Å². The van der Waals surface area contributed by atoms with Crippen molar-refractivity contribution in [1.29, 1.82) is 0 Å². The Balaban J connectivity index is 2.05.